The van der Waals surface area contributed by atoms with Crippen LogP contribution in [-0.4, -0.2) is 16.1 Å². The van der Waals surface area contributed by atoms with Gasteiger partial charge in [0.1, 0.15) is 11.7 Å². The lowest BCUT2D eigenvalue weighted by atomic mass is 9.98. The highest BCUT2D eigenvalue weighted by Gasteiger charge is 2.37. The normalized spacial score (nSPS) is 15.8. The molecule has 0 unspecified atom stereocenters. The number of halogens is 4. The van der Waals surface area contributed by atoms with Gasteiger partial charge in [0.05, 0.1) is 0 Å². The molecule has 0 aliphatic heterocycles. The van der Waals surface area contributed by atoms with Crippen LogP contribution < -0.4 is 10.1 Å². The molecule has 0 saturated heterocycles. The van der Waals surface area contributed by atoms with E-state index in [9.17, 15) is 13.2 Å². The summed E-state index contributed by atoms with van der Waals surface area (Å²) in [6.45, 7) is 0. The van der Waals surface area contributed by atoms with Crippen LogP contribution in [0.2, 0.25) is 0 Å². The van der Waals surface area contributed by atoms with E-state index < -0.39 is 17.6 Å². The third-order valence-corrected chi connectivity index (χ3v) is 4.52. The van der Waals surface area contributed by atoms with E-state index in [0.29, 0.717) is 5.69 Å². The number of anilines is 2. The number of hydrogen-bond acceptors (Lipinski definition) is 4. The largest absolute Gasteiger partial charge is 0.474 e. The van der Waals surface area contributed by atoms with Crippen LogP contribution in [0.5, 0.6) is 5.88 Å². The fraction of sp³-hybridized carbons (Fsp3) is 0.412. The van der Waals surface area contributed by atoms with Crippen molar-refractivity contribution < 1.29 is 17.9 Å². The summed E-state index contributed by atoms with van der Waals surface area (Å²) in [6.07, 6.45) is 0.485. The first-order valence-corrected chi connectivity index (χ1v) is 8.84. The molecule has 1 heterocycles. The summed E-state index contributed by atoms with van der Waals surface area (Å²) in [5.74, 6) is -0.338. The van der Waals surface area contributed by atoms with E-state index in [1.165, 1.54) is 0 Å². The van der Waals surface area contributed by atoms with Crippen LogP contribution >= 0.6 is 15.9 Å². The van der Waals surface area contributed by atoms with Crippen molar-refractivity contribution in [2.45, 2.75) is 44.4 Å². The number of rotatable bonds is 4. The lowest BCUT2D eigenvalue weighted by Crippen LogP contribution is -2.22. The van der Waals surface area contributed by atoms with Crippen molar-refractivity contribution in [3.05, 3.63) is 40.5 Å². The summed E-state index contributed by atoms with van der Waals surface area (Å²) in [4.78, 5) is 7.76. The first-order chi connectivity index (χ1) is 11.9. The topological polar surface area (TPSA) is 47.0 Å². The first kappa shape index (κ1) is 18.0. The zero-order chi connectivity index (χ0) is 17.9. The third-order valence-electron chi connectivity index (χ3n) is 3.99. The summed E-state index contributed by atoms with van der Waals surface area (Å²) in [5, 5.41) is 2.90. The molecule has 0 amide bonds. The van der Waals surface area contributed by atoms with Crippen LogP contribution in [0.25, 0.3) is 0 Å². The minimum absolute atomic E-state index is 0.0705. The van der Waals surface area contributed by atoms with E-state index in [4.69, 9.17) is 4.74 Å². The average molecular weight is 416 g/mol. The zero-order valence-electron chi connectivity index (χ0n) is 13.3. The molecule has 1 aliphatic rings. The Balaban J connectivity index is 1.84. The van der Waals surface area contributed by atoms with Crippen molar-refractivity contribution in [2.24, 2.45) is 0 Å². The zero-order valence-corrected chi connectivity index (χ0v) is 14.9. The number of hydrogen-bond donors (Lipinski definition) is 1. The van der Waals surface area contributed by atoms with Crippen molar-refractivity contribution in [1.82, 2.24) is 9.97 Å². The van der Waals surface area contributed by atoms with Crippen LogP contribution in [-0.2, 0) is 6.18 Å². The van der Waals surface area contributed by atoms with Gasteiger partial charge in [0.15, 0.2) is 0 Å². The quantitative estimate of drug-likeness (QED) is 0.694. The highest BCUT2D eigenvalue weighted by Crippen LogP contribution is 2.36. The van der Waals surface area contributed by atoms with Gasteiger partial charge < -0.3 is 10.1 Å². The average Bonchev–Trinajstić information content (AvgIpc) is 2.57. The van der Waals surface area contributed by atoms with Crippen LogP contribution in [0.4, 0.5) is 24.8 Å². The van der Waals surface area contributed by atoms with Crippen molar-refractivity contribution in [1.29, 1.82) is 0 Å². The number of ether oxygens (including phenoxy) is 1. The van der Waals surface area contributed by atoms with Crippen molar-refractivity contribution >= 4 is 27.6 Å². The molecule has 0 bridgehead atoms. The molecular formula is C17H17BrF3N3O. The van der Waals surface area contributed by atoms with Crippen LogP contribution in [0.3, 0.4) is 0 Å². The van der Waals surface area contributed by atoms with Crippen molar-refractivity contribution in [3.63, 3.8) is 0 Å². The molecule has 0 atom stereocenters. The SMILES string of the molecule is FC(F)(F)c1cnc(Nc2ccc(Br)cc2)nc1OC1CCCCC1. The number of nitrogens with zero attached hydrogens (tertiary/aromatic N) is 2. The molecule has 0 radical (unpaired) electrons. The van der Waals surface area contributed by atoms with Gasteiger partial charge in [0.25, 0.3) is 0 Å². The van der Waals surface area contributed by atoms with Gasteiger partial charge in [-0.3, -0.25) is 0 Å². The predicted molar refractivity (Wildman–Crippen MR) is 92.0 cm³/mol. The Morgan fingerprint density at radius 3 is 2.40 bits per heavy atom. The van der Waals surface area contributed by atoms with Gasteiger partial charge in [0, 0.05) is 16.4 Å². The summed E-state index contributed by atoms with van der Waals surface area (Å²) < 4.78 is 46.1. The molecule has 1 saturated carbocycles. The molecule has 1 aliphatic carbocycles. The minimum atomic E-state index is -4.56. The monoisotopic (exact) mass is 415 g/mol. The lowest BCUT2D eigenvalue weighted by molar-refractivity contribution is -0.140. The van der Waals surface area contributed by atoms with Crippen LogP contribution in [0, 0.1) is 0 Å². The van der Waals surface area contributed by atoms with Gasteiger partial charge in [-0.2, -0.15) is 18.2 Å². The molecule has 134 valence electrons. The maximum absolute atomic E-state index is 13.2. The number of aromatic nitrogens is 2. The van der Waals surface area contributed by atoms with E-state index in [0.717, 1.165) is 42.8 Å². The molecule has 0 spiro atoms. The molecule has 4 nitrogen and oxygen atoms in total. The van der Waals surface area contributed by atoms with Crippen LogP contribution in [0.1, 0.15) is 37.7 Å². The summed E-state index contributed by atoms with van der Waals surface area (Å²) >= 11 is 3.33. The number of nitrogens with one attached hydrogen (secondary N) is 1. The molecule has 1 N–H and O–H groups in total. The standard InChI is InChI=1S/C17H17BrF3N3O/c18-11-6-8-12(9-7-11)23-16-22-10-14(17(19,20)21)15(24-16)25-13-4-2-1-3-5-13/h6-10,13H,1-5H2,(H,22,23,24). The van der Waals surface area contributed by atoms with Gasteiger partial charge in [-0.25, -0.2) is 4.98 Å². The maximum atomic E-state index is 13.2. The number of alkyl halides is 3. The molecule has 25 heavy (non-hydrogen) atoms. The minimum Gasteiger partial charge on any atom is -0.474 e. The van der Waals surface area contributed by atoms with Gasteiger partial charge in [-0.1, -0.05) is 22.4 Å². The molecular weight excluding hydrogens is 399 g/mol. The Morgan fingerprint density at radius 1 is 1.08 bits per heavy atom. The Labute approximate surface area is 152 Å². The molecule has 2 aromatic rings. The fourth-order valence-electron chi connectivity index (χ4n) is 2.71. The van der Waals surface area contributed by atoms with E-state index >= 15 is 0 Å². The molecule has 8 heteroatoms. The third kappa shape index (κ3) is 4.84. The first-order valence-electron chi connectivity index (χ1n) is 8.05. The highest BCUT2D eigenvalue weighted by molar-refractivity contribution is 9.10. The van der Waals surface area contributed by atoms with E-state index in [1.807, 2.05) is 12.1 Å². The van der Waals surface area contributed by atoms with Crippen LogP contribution in [0.15, 0.2) is 34.9 Å². The smallest absolute Gasteiger partial charge is 0.423 e. The Bertz CT molecular complexity index is 716. The second-order valence-corrected chi connectivity index (χ2v) is 6.84. The Morgan fingerprint density at radius 2 is 1.76 bits per heavy atom. The van der Waals surface area contributed by atoms with Gasteiger partial charge in [0.2, 0.25) is 11.8 Å². The second kappa shape index (κ2) is 7.59. The van der Waals surface area contributed by atoms with Gasteiger partial charge in [-0.15, -0.1) is 0 Å². The predicted octanol–water partition coefficient (Wildman–Crippen LogP) is 5.71. The molecule has 3 rings (SSSR count). The van der Waals surface area contributed by atoms with E-state index in [1.54, 1.807) is 12.1 Å². The maximum Gasteiger partial charge on any atom is 0.423 e. The second-order valence-electron chi connectivity index (χ2n) is 5.92. The molecule has 1 aromatic carbocycles. The van der Waals surface area contributed by atoms with Gasteiger partial charge in [-0.05, 0) is 49.9 Å². The van der Waals surface area contributed by atoms with Crippen molar-refractivity contribution in [3.8, 4) is 5.88 Å². The van der Waals surface area contributed by atoms with Gasteiger partial charge >= 0.3 is 6.18 Å². The molecule has 1 aromatic heterocycles. The highest BCUT2D eigenvalue weighted by atomic mass is 79.9. The van der Waals surface area contributed by atoms with E-state index in [2.05, 4.69) is 31.2 Å². The van der Waals surface area contributed by atoms with E-state index in [-0.39, 0.29) is 12.1 Å². The lowest BCUT2D eigenvalue weighted by Gasteiger charge is -2.24. The summed E-state index contributed by atoms with van der Waals surface area (Å²) in [5.41, 5.74) is -0.272. The Hall–Kier alpha value is -1.83. The summed E-state index contributed by atoms with van der Waals surface area (Å²) in [6, 6.07) is 7.16. The summed E-state index contributed by atoms with van der Waals surface area (Å²) in [7, 11) is 0. The van der Waals surface area contributed by atoms with Crippen molar-refractivity contribution in [2.75, 3.05) is 5.32 Å². The number of benzene rings is 1. The fourth-order valence-corrected chi connectivity index (χ4v) is 2.98. The Kier molecular flexibility index (Phi) is 5.46. The molecule has 1 fully saturated rings.